The number of primary amides is 1. The highest BCUT2D eigenvalue weighted by atomic mass is 19.3. The van der Waals surface area contributed by atoms with Crippen LogP contribution in [0.15, 0.2) is 0 Å². The summed E-state index contributed by atoms with van der Waals surface area (Å²) in [6, 6.07) is -0.557. The van der Waals surface area contributed by atoms with Gasteiger partial charge in [-0.1, -0.05) is 0 Å². The smallest absolute Gasteiger partial charge is 0.255 e. The van der Waals surface area contributed by atoms with Gasteiger partial charge in [0.2, 0.25) is 5.91 Å². The summed E-state index contributed by atoms with van der Waals surface area (Å²) in [5.74, 6) is -3.11. The molecule has 0 aromatic carbocycles. The second-order valence-electron chi connectivity index (χ2n) is 3.70. The van der Waals surface area contributed by atoms with E-state index < -0.39 is 23.3 Å². The molecule has 1 spiro atoms. The Morgan fingerprint density at radius 1 is 1.58 bits per heavy atom. The molecule has 12 heavy (non-hydrogen) atoms. The first-order valence-corrected chi connectivity index (χ1v) is 3.87. The summed E-state index contributed by atoms with van der Waals surface area (Å²) < 4.78 is 25.5. The zero-order chi connectivity index (χ0) is 8.98. The van der Waals surface area contributed by atoms with Gasteiger partial charge in [-0.05, 0) is 6.42 Å². The van der Waals surface area contributed by atoms with Gasteiger partial charge < -0.3 is 11.1 Å². The number of amides is 1. The largest absolute Gasteiger partial charge is 0.368 e. The predicted molar refractivity (Wildman–Crippen MR) is 37.6 cm³/mol. The minimum atomic E-state index is -2.58. The van der Waals surface area contributed by atoms with Gasteiger partial charge in [-0.2, -0.15) is 0 Å². The lowest BCUT2D eigenvalue weighted by Gasteiger charge is -2.05. The second-order valence-corrected chi connectivity index (χ2v) is 3.70. The molecule has 2 rings (SSSR count). The van der Waals surface area contributed by atoms with Gasteiger partial charge in [-0.15, -0.1) is 0 Å². The van der Waals surface area contributed by atoms with E-state index in [-0.39, 0.29) is 19.4 Å². The van der Waals surface area contributed by atoms with Gasteiger partial charge in [0.1, 0.15) is 0 Å². The molecule has 2 aliphatic rings. The fourth-order valence-electron chi connectivity index (χ4n) is 1.85. The van der Waals surface area contributed by atoms with Crippen LogP contribution in [0.2, 0.25) is 0 Å². The quantitative estimate of drug-likeness (QED) is 0.584. The van der Waals surface area contributed by atoms with Gasteiger partial charge in [0.05, 0.1) is 11.5 Å². The molecule has 1 saturated heterocycles. The van der Waals surface area contributed by atoms with E-state index in [0.29, 0.717) is 0 Å². The van der Waals surface area contributed by atoms with Crippen LogP contribution in [0.25, 0.3) is 0 Å². The lowest BCUT2D eigenvalue weighted by Crippen LogP contribution is -2.36. The molecule has 2 atom stereocenters. The van der Waals surface area contributed by atoms with Gasteiger partial charge in [0.25, 0.3) is 5.92 Å². The van der Waals surface area contributed by atoms with E-state index in [2.05, 4.69) is 5.32 Å². The highest BCUT2D eigenvalue weighted by Crippen LogP contribution is 2.64. The third-order valence-corrected chi connectivity index (χ3v) is 2.84. The van der Waals surface area contributed by atoms with Crippen LogP contribution >= 0.6 is 0 Å². The van der Waals surface area contributed by atoms with Crippen LogP contribution in [0, 0.1) is 5.41 Å². The number of carbonyl (C=O) groups excluding carboxylic acids is 1. The molecule has 68 valence electrons. The lowest BCUT2D eigenvalue weighted by atomic mass is 10.0. The zero-order valence-corrected chi connectivity index (χ0v) is 6.44. The Labute approximate surface area is 68.3 Å². The van der Waals surface area contributed by atoms with Gasteiger partial charge >= 0.3 is 0 Å². The molecule has 0 aromatic rings. The number of hydrogen-bond donors (Lipinski definition) is 2. The number of alkyl halides is 2. The molecule has 0 aromatic heterocycles. The average molecular weight is 176 g/mol. The van der Waals surface area contributed by atoms with Crippen LogP contribution in [0.5, 0.6) is 0 Å². The molecule has 3 N–H and O–H groups in total. The zero-order valence-electron chi connectivity index (χ0n) is 6.44. The summed E-state index contributed by atoms with van der Waals surface area (Å²) in [7, 11) is 0. The molecule has 0 bridgehead atoms. The van der Waals surface area contributed by atoms with Crippen LogP contribution < -0.4 is 11.1 Å². The van der Waals surface area contributed by atoms with Crippen molar-refractivity contribution >= 4 is 5.91 Å². The van der Waals surface area contributed by atoms with E-state index >= 15 is 0 Å². The molecule has 0 radical (unpaired) electrons. The Hall–Kier alpha value is -0.710. The molecular weight excluding hydrogens is 166 g/mol. The van der Waals surface area contributed by atoms with Gasteiger partial charge in [0, 0.05) is 13.0 Å². The van der Waals surface area contributed by atoms with Crippen molar-refractivity contribution in [2.24, 2.45) is 11.1 Å². The van der Waals surface area contributed by atoms with Crippen molar-refractivity contribution in [3.05, 3.63) is 0 Å². The third kappa shape index (κ3) is 0.857. The highest BCUT2D eigenvalue weighted by molar-refractivity contribution is 5.80. The first kappa shape index (κ1) is 7.91. The minimum Gasteiger partial charge on any atom is -0.368 e. The van der Waals surface area contributed by atoms with E-state index in [1.165, 1.54) is 0 Å². The number of nitrogens with one attached hydrogen (secondary N) is 1. The Bertz CT molecular complexity index is 244. The molecule has 1 aliphatic heterocycles. The Kier molecular flexibility index (Phi) is 1.29. The average Bonchev–Trinajstić information content (AvgIpc) is 2.38. The van der Waals surface area contributed by atoms with Gasteiger partial charge in [0.15, 0.2) is 0 Å². The molecule has 1 heterocycles. The van der Waals surface area contributed by atoms with E-state index in [1.54, 1.807) is 0 Å². The first-order chi connectivity index (χ1) is 5.47. The van der Waals surface area contributed by atoms with Crippen LogP contribution in [0.4, 0.5) is 8.78 Å². The Balaban J connectivity index is 2.05. The summed E-state index contributed by atoms with van der Waals surface area (Å²) in [6.45, 7) is 0.216. The summed E-state index contributed by atoms with van der Waals surface area (Å²) >= 11 is 0. The van der Waals surface area contributed by atoms with E-state index in [0.717, 1.165) is 0 Å². The summed E-state index contributed by atoms with van der Waals surface area (Å²) in [5.41, 5.74) is 4.04. The topological polar surface area (TPSA) is 55.1 Å². The summed E-state index contributed by atoms with van der Waals surface area (Å²) in [5, 5.41) is 2.71. The fraction of sp³-hybridized carbons (Fsp3) is 0.857. The fourth-order valence-corrected chi connectivity index (χ4v) is 1.85. The third-order valence-electron chi connectivity index (χ3n) is 2.84. The van der Waals surface area contributed by atoms with E-state index in [4.69, 9.17) is 5.73 Å². The lowest BCUT2D eigenvalue weighted by molar-refractivity contribution is -0.119. The Morgan fingerprint density at radius 3 is 2.42 bits per heavy atom. The molecular formula is C7H10F2N2O. The van der Waals surface area contributed by atoms with Gasteiger partial charge in [-0.3, -0.25) is 4.79 Å². The van der Waals surface area contributed by atoms with Crippen molar-refractivity contribution in [3.63, 3.8) is 0 Å². The molecule has 2 fully saturated rings. The summed E-state index contributed by atoms with van der Waals surface area (Å²) in [4.78, 5) is 10.6. The van der Waals surface area contributed by atoms with Crippen LogP contribution in [0.1, 0.15) is 12.8 Å². The van der Waals surface area contributed by atoms with Crippen molar-refractivity contribution in [1.29, 1.82) is 0 Å². The maximum absolute atomic E-state index is 12.7. The van der Waals surface area contributed by atoms with Crippen molar-refractivity contribution in [2.45, 2.75) is 24.8 Å². The monoisotopic (exact) mass is 176 g/mol. The normalized spacial score (nSPS) is 43.3. The van der Waals surface area contributed by atoms with Crippen molar-refractivity contribution in [3.8, 4) is 0 Å². The van der Waals surface area contributed by atoms with E-state index in [9.17, 15) is 13.6 Å². The molecule has 3 nitrogen and oxygen atoms in total. The van der Waals surface area contributed by atoms with Crippen LogP contribution in [-0.4, -0.2) is 24.4 Å². The van der Waals surface area contributed by atoms with Gasteiger partial charge in [-0.25, -0.2) is 8.78 Å². The molecule has 1 amide bonds. The minimum absolute atomic E-state index is 0.100. The van der Waals surface area contributed by atoms with E-state index in [1.807, 2.05) is 0 Å². The number of halogens is 2. The number of carbonyl (C=O) groups is 1. The number of hydrogen-bond acceptors (Lipinski definition) is 2. The van der Waals surface area contributed by atoms with Crippen LogP contribution in [-0.2, 0) is 4.79 Å². The first-order valence-electron chi connectivity index (χ1n) is 3.87. The molecule has 1 saturated carbocycles. The van der Waals surface area contributed by atoms with Crippen LogP contribution in [0.3, 0.4) is 0 Å². The maximum atomic E-state index is 12.7. The molecule has 1 aliphatic carbocycles. The highest BCUT2D eigenvalue weighted by Gasteiger charge is 2.73. The second kappa shape index (κ2) is 1.96. The Morgan fingerprint density at radius 2 is 2.17 bits per heavy atom. The number of nitrogens with two attached hydrogens (primary N) is 1. The van der Waals surface area contributed by atoms with Crippen molar-refractivity contribution in [2.75, 3.05) is 6.54 Å². The maximum Gasteiger partial charge on any atom is 0.255 e. The number of rotatable bonds is 1. The SMILES string of the molecule is NC(=O)C1CC2(CN1)CC2(F)F. The van der Waals surface area contributed by atoms with Crippen molar-refractivity contribution in [1.82, 2.24) is 5.32 Å². The van der Waals surface area contributed by atoms with Crippen molar-refractivity contribution < 1.29 is 13.6 Å². The summed E-state index contributed by atoms with van der Waals surface area (Å²) in [6.07, 6.45) is 0.0894. The molecule has 2 unspecified atom stereocenters. The standard InChI is InChI=1S/C7H10F2N2O/c8-7(9)2-6(7)1-4(5(10)12)11-3-6/h4,11H,1-3H2,(H2,10,12). The predicted octanol–water partition coefficient (Wildman–Crippen LogP) is -0.141. The molecule has 5 heteroatoms.